The van der Waals surface area contributed by atoms with Gasteiger partial charge in [0.15, 0.2) is 0 Å². The largest absolute Gasteiger partial charge is 0.487 e. The van der Waals surface area contributed by atoms with E-state index in [1.807, 2.05) is 18.2 Å². The SMILES string of the molecule is Brc1cc(CNCCN2CCOCC2)cc(Br)c1OCc1ccccc1.Cl.Cl. The Hall–Kier alpha value is -0.340. The summed E-state index contributed by atoms with van der Waals surface area (Å²) in [5, 5.41) is 3.52. The maximum Gasteiger partial charge on any atom is 0.148 e. The molecule has 156 valence electrons. The lowest BCUT2D eigenvalue weighted by Crippen LogP contribution is -2.40. The highest BCUT2D eigenvalue weighted by molar-refractivity contribution is 9.11. The number of nitrogens with one attached hydrogen (secondary N) is 1. The molecule has 0 radical (unpaired) electrons. The van der Waals surface area contributed by atoms with Gasteiger partial charge in [-0.3, -0.25) is 4.90 Å². The molecule has 0 saturated carbocycles. The van der Waals surface area contributed by atoms with E-state index in [-0.39, 0.29) is 24.8 Å². The predicted octanol–water partition coefficient (Wildman–Crippen LogP) is 5.06. The Kier molecular flexibility index (Phi) is 12.7. The Morgan fingerprint density at radius 1 is 0.964 bits per heavy atom. The molecule has 1 saturated heterocycles. The van der Waals surface area contributed by atoms with Crippen molar-refractivity contribution in [1.29, 1.82) is 0 Å². The first kappa shape index (κ1) is 25.7. The Labute approximate surface area is 196 Å². The van der Waals surface area contributed by atoms with Gasteiger partial charge >= 0.3 is 0 Å². The highest BCUT2D eigenvalue weighted by Crippen LogP contribution is 2.35. The second-order valence-corrected chi connectivity index (χ2v) is 8.00. The fourth-order valence-electron chi connectivity index (χ4n) is 2.88. The summed E-state index contributed by atoms with van der Waals surface area (Å²) in [4.78, 5) is 2.43. The monoisotopic (exact) mass is 554 g/mol. The van der Waals surface area contributed by atoms with Gasteiger partial charge in [-0.2, -0.15) is 0 Å². The minimum atomic E-state index is 0. The number of nitrogens with zero attached hydrogens (tertiary/aromatic N) is 1. The molecule has 0 atom stereocenters. The van der Waals surface area contributed by atoms with Crippen molar-refractivity contribution in [1.82, 2.24) is 10.2 Å². The highest BCUT2D eigenvalue weighted by Gasteiger charge is 2.11. The van der Waals surface area contributed by atoms with Crippen LogP contribution in [0.4, 0.5) is 0 Å². The van der Waals surface area contributed by atoms with Crippen LogP contribution in [0.5, 0.6) is 5.75 Å². The van der Waals surface area contributed by atoms with Gasteiger partial charge in [0.2, 0.25) is 0 Å². The van der Waals surface area contributed by atoms with E-state index in [0.717, 1.165) is 66.2 Å². The molecule has 3 rings (SSSR count). The zero-order valence-corrected chi connectivity index (χ0v) is 20.3. The van der Waals surface area contributed by atoms with Gasteiger partial charge in [0, 0.05) is 32.7 Å². The first-order valence-corrected chi connectivity index (χ1v) is 10.5. The van der Waals surface area contributed by atoms with Crippen LogP contribution in [-0.4, -0.2) is 44.3 Å². The second-order valence-electron chi connectivity index (χ2n) is 6.29. The average Bonchev–Trinajstić information content (AvgIpc) is 2.66. The van der Waals surface area contributed by atoms with Crippen molar-refractivity contribution in [2.24, 2.45) is 0 Å². The molecule has 0 aliphatic carbocycles. The third-order valence-electron chi connectivity index (χ3n) is 4.32. The quantitative estimate of drug-likeness (QED) is 0.461. The van der Waals surface area contributed by atoms with Crippen molar-refractivity contribution in [3.8, 4) is 5.75 Å². The van der Waals surface area contributed by atoms with Gasteiger partial charge in [0.25, 0.3) is 0 Å². The van der Waals surface area contributed by atoms with Crippen molar-refractivity contribution in [3.05, 3.63) is 62.5 Å². The van der Waals surface area contributed by atoms with Crippen LogP contribution in [0.25, 0.3) is 0 Å². The van der Waals surface area contributed by atoms with E-state index in [2.05, 4.69) is 66.3 Å². The maximum atomic E-state index is 5.98. The van der Waals surface area contributed by atoms with Gasteiger partial charge in [-0.1, -0.05) is 30.3 Å². The lowest BCUT2D eigenvalue weighted by molar-refractivity contribution is 0.0384. The predicted molar refractivity (Wildman–Crippen MR) is 126 cm³/mol. The Morgan fingerprint density at radius 2 is 1.61 bits per heavy atom. The van der Waals surface area contributed by atoms with E-state index in [4.69, 9.17) is 9.47 Å². The summed E-state index contributed by atoms with van der Waals surface area (Å²) in [6.45, 7) is 7.19. The van der Waals surface area contributed by atoms with Gasteiger partial charge < -0.3 is 14.8 Å². The molecule has 1 aliphatic rings. The molecule has 0 amide bonds. The molecule has 1 heterocycles. The van der Waals surface area contributed by atoms with E-state index in [9.17, 15) is 0 Å². The molecule has 4 nitrogen and oxygen atoms in total. The van der Waals surface area contributed by atoms with Crippen molar-refractivity contribution in [2.45, 2.75) is 13.2 Å². The van der Waals surface area contributed by atoms with Crippen molar-refractivity contribution in [2.75, 3.05) is 39.4 Å². The normalized spacial score (nSPS) is 14.1. The minimum Gasteiger partial charge on any atom is -0.487 e. The van der Waals surface area contributed by atoms with Crippen LogP contribution >= 0.6 is 56.7 Å². The molecule has 8 heteroatoms. The standard InChI is InChI=1S/C20H24Br2N2O2.2ClH/c21-18-12-17(14-23-6-7-24-8-10-25-11-9-24)13-19(22)20(18)26-15-16-4-2-1-3-5-16;;/h1-5,12-13,23H,6-11,14-15H2;2*1H. The number of benzene rings is 2. The van der Waals surface area contributed by atoms with Crippen molar-refractivity contribution in [3.63, 3.8) is 0 Å². The van der Waals surface area contributed by atoms with Crippen LogP contribution in [0.15, 0.2) is 51.4 Å². The molecule has 28 heavy (non-hydrogen) atoms. The zero-order chi connectivity index (χ0) is 18.2. The summed E-state index contributed by atoms with van der Waals surface area (Å²) >= 11 is 7.28. The second kappa shape index (κ2) is 13.8. The zero-order valence-electron chi connectivity index (χ0n) is 15.5. The number of morpholine rings is 1. The molecule has 1 fully saturated rings. The van der Waals surface area contributed by atoms with Gasteiger partial charge in [0.1, 0.15) is 12.4 Å². The van der Waals surface area contributed by atoms with Crippen molar-refractivity contribution >= 4 is 56.7 Å². The van der Waals surface area contributed by atoms with Gasteiger partial charge in [-0.05, 0) is 55.1 Å². The minimum absolute atomic E-state index is 0. The molecule has 0 spiro atoms. The molecule has 1 aliphatic heterocycles. The van der Waals surface area contributed by atoms with E-state index < -0.39 is 0 Å². The van der Waals surface area contributed by atoms with E-state index in [1.54, 1.807) is 0 Å². The van der Waals surface area contributed by atoms with Crippen LogP contribution in [0.3, 0.4) is 0 Å². The smallest absolute Gasteiger partial charge is 0.148 e. The summed E-state index contributed by atoms with van der Waals surface area (Å²) in [6.07, 6.45) is 0. The Morgan fingerprint density at radius 3 is 2.25 bits per heavy atom. The van der Waals surface area contributed by atoms with Crippen LogP contribution in [0.2, 0.25) is 0 Å². The number of hydrogen-bond acceptors (Lipinski definition) is 4. The first-order chi connectivity index (χ1) is 12.7. The van der Waals surface area contributed by atoms with E-state index in [0.29, 0.717) is 6.61 Å². The average molecular weight is 557 g/mol. The van der Waals surface area contributed by atoms with Crippen LogP contribution in [0.1, 0.15) is 11.1 Å². The first-order valence-electron chi connectivity index (χ1n) is 8.88. The Balaban J connectivity index is 0.00000196. The van der Waals surface area contributed by atoms with Crippen LogP contribution in [0, 0.1) is 0 Å². The lowest BCUT2D eigenvalue weighted by Gasteiger charge is -2.26. The van der Waals surface area contributed by atoms with Gasteiger partial charge in [-0.15, -0.1) is 24.8 Å². The number of rotatable bonds is 8. The number of ether oxygens (including phenoxy) is 2. The third-order valence-corrected chi connectivity index (χ3v) is 5.50. The van der Waals surface area contributed by atoms with Crippen LogP contribution in [-0.2, 0) is 17.9 Å². The molecule has 1 N–H and O–H groups in total. The number of halogens is 4. The lowest BCUT2D eigenvalue weighted by atomic mass is 10.2. The summed E-state index contributed by atoms with van der Waals surface area (Å²) in [5.74, 6) is 0.839. The maximum absolute atomic E-state index is 5.98. The Bertz CT molecular complexity index is 679. The van der Waals surface area contributed by atoms with E-state index in [1.165, 1.54) is 5.56 Å². The molecular formula is C20H26Br2Cl2N2O2. The molecule has 2 aromatic rings. The molecule has 0 unspecified atom stereocenters. The fraction of sp³-hybridized carbons (Fsp3) is 0.400. The molecule has 0 aromatic heterocycles. The number of hydrogen-bond donors (Lipinski definition) is 1. The topological polar surface area (TPSA) is 33.7 Å². The van der Waals surface area contributed by atoms with Crippen LogP contribution < -0.4 is 10.1 Å². The fourth-order valence-corrected chi connectivity index (χ4v) is 4.39. The molecule has 2 aromatic carbocycles. The van der Waals surface area contributed by atoms with Gasteiger partial charge in [0.05, 0.1) is 22.2 Å². The van der Waals surface area contributed by atoms with Crippen molar-refractivity contribution < 1.29 is 9.47 Å². The molecular weight excluding hydrogens is 531 g/mol. The molecule has 0 bridgehead atoms. The van der Waals surface area contributed by atoms with Gasteiger partial charge in [-0.25, -0.2) is 0 Å². The summed E-state index contributed by atoms with van der Waals surface area (Å²) in [5.41, 5.74) is 2.37. The third kappa shape index (κ3) is 8.19. The summed E-state index contributed by atoms with van der Waals surface area (Å²) < 4.78 is 13.3. The highest BCUT2D eigenvalue weighted by atomic mass is 79.9. The summed E-state index contributed by atoms with van der Waals surface area (Å²) in [7, 11) is 0. The van der Waals surface area contributed by atoms with E-state index >= 15 is 0 Å². The summed E-state index contributed by atoms with van der Waals surface area (Å²) in [6, 6.07) is 14.4.